The molecule has 0 bridgehead atoms. The molecule has 0 amide bonds. The van der Waals surface area contributed by atoms with Gasteiger partial charge in [0.2, 0.25) is 10.0 Å². The Balaban J connectivity index is 2.13. The van der Waals surface area contributed by atoms with Gasteiger partial charge in [-0.3, -0.25) is 0 Å². The summed E-state index contributed by atoms with van der Waals surface area (Å²) in [5, 5.41) is 0. The molecule has 0 fully saturated rings. The zero-order chi connectivity index (χ0) is 18.0. The van der Waals surface area contributed by atoms with Crippen LogP contribution in [-0.2, 0) is 25.6 Å². The van der Waals surface area contributed by atoms with E-state index in [4.69, 9.17) is 0 Å². The summed E-state index contributed by atoms with van der Waals surface area (Å²) in [4.78, 5) is 0.209. The highest BCUT2D eigenvalue weighted by atomic mass is 32.2. The van der Waals surface area contributed by atoms with Crippen molar-refractivity contribution in [2.45, 2.75) is 30.5 Å². The summed E-state index contributed by atoms with van der Waals surface area (Å²) in [5.74, 6) is -0.0918. The number of sulfone groups is 1. The summed E-state index contributed by atoms with van der Waals surface area (Å²) in [7, 11) is -6.78. The Morgan fingerprint density at radius 3 is 2.08 bits per heavy atom. The van der Waals surface area contributed by atoms with Crippen molar-refractivity contribution in [3.05, 3.63) is 65.2 Å². The SMILES string of the molecule is Cc1ccccc1CS(=O)(=O)N[C@@H](C)c1ccc(S(C)(=O)=O)cc1. The van der Waals surface area contributed by atoms with Crippen molar-refractivity contribution < 1.29 is 16.8 Å². The summed E-state index contributed by atoms with van der Waals surface area (Å²) < 4.78 is 50.3. The van der Waals surface area contributed by atoms with Crippen LogP contribution in [0.2, 0.25) is 0 Å². The molecule has 0 unspecified atom stereocenters. The Bertz CT molecular complexity index is 917. The number of rotatable bonds is 6. The van der Waals surface area contributed by atoms with Gasteiger partial charge < -0.3 is 0 Å². The van der Waals surface area contributed by atoms with E-state index in [9.17, 15) is 16.8 Å². The van der Waals surface area contributed by atoms with Crippen molar-refractivity contribution in [1.82, 2.24) is 4.72 Å². The molecule has 0 saturated carbocycles. The lowest BCUT2D eigenvalue weighted by atomic mass is 10.1. The molecular weight excluding hydrogens is 346 g/mol. The molecular formula is C17H21NO4S2. The molecule has 5 nitrogen and oxygen atoms in total. The van der Waals surface area contributed by atoms with Crippen molar-refractivity contribution in [2.24, 2.45) is 0 Å². The molecule has 0 aliphatic heterocycles. The molecule has 24 heavy (non-hydrogen) atoms. The zero-order valence-electron chi connectivity index (χ0n) is 13.9. The minimum absolute atomic E-state index is 0.0918. The number of hydrogen-bond donors (Lipinski definition) is 1. The average Bonchev–Trinajstić information content (AvgIpc) is 2.48. The fourth-order valence-electron chi connectivity index (χ4n) is 2.36. The minimum Gasteiger partial charge on any atom is -0.224 e. The predicted molar refractivity (Wildman–Crippen MR) is 94.9 cm³/mol. The van der Waals surface area contributed by atoms with Gasteiger partial charge in [-0.15, -0.1) is 0 Å². The van der Waals surface area contributed by atoms with Crippen molar-refractivity contribution in [3.8, 4) is 0 Å². The van der Waals surface area contributed by atoms with E-state index in [0.717, 1.165) is 17.4 Å². The standard InChI is InChI=1S/C17H21NO4S2/c1-13-6-4-5-7-16(13)12-24(21,22)18-14(2)15-8-10-17(11-9-15)23(3,19)20/h4-11,14,18H,12H2,1-3H3/t14-/m0/s1. The van der Waals surface area contributed by atoms with Crippen LogP contribution in [0.25, 0.3) is 0 Å². The largest absolute Gasteiger partial charge is 0.224 e. The lowest BCUT2D eigenvalue weighted by Crippen LogP contribution is -2.28. The van der Waals surface area contributed by atoms with Crippen LogP contribution in [-0.4, -0.2) is 23.1 Å². The third-order valence-corrected chi connectivity index (χ3v) is 6.30. The van der Waals surface area contributed by atoms with Gasteiger partial charge >= 0.3 is 0 Å². The van der Waals surface area contributed by atoms with Crippen LogP contribution in [0.3, 0.4) is 0 Å². The zero-order valence-corrected chi connectivity index (χ0v) is 15.5. The van der Waals surface area contributed by atoms with E-state index >= 15 is 0 Å². The van der Waals surface area contributed by atoms with Gasteiger partial charge in [0.05, 0.1) is 10.6 Å². The van der Waals surface area contributed by atoms with Gasteiger partial charge in [0, 0.05) is 12.3 Å². The molecule has 2 rings (SSSR count). The lowest BCUT2D eigenvalue weighted by molar-refractivity contribution is 0.565. The molecule has 1 N–H and O–H groups in total. The first-order valence-corrected chi connectivity index (χ1v) is 11.0. The summed E-state index contributed by atoms with van der Waals surface area (Å²) >= 11 is 0. The lowest BCUT2D eigenvalue weighted by Gasteiger charge is -2.15. The fourth-order valence-corrected chi connectivity index (χ4v) is 4.48. The van der Waals surface area contributed by atoms with E-state index < -0.39 is 25.9 Å². The van der Waals surface area contributed by atoms with Crippen LogP contribution < -0.4 is 4.72 Å². The van der Waals surface area contributed by atoms with Gasteiger partial charge in [0.15, 0.2) is 9.84 Å². The van der Waals surface area contributed by atoms with Gasteiger partial charge in [-0.25, -0.2) is 21.6 Å². The Labute approximate surface area is 143 Å². The topological polar surface area (TPSA) is 80.3 Å². The third kappa shape index (κ3) is 4.90. The highest BCUT2D eigenvalue weighted by Gasteiger charge is 2.18. The molecule has 2 aromatic carbocycles. The van der Waals surface area contributed by atoms with Crippen molar-refractivity contribution in [3.63, 3.8) is 0 Å². The molecule has 0 aliphatic rings. The number of benzene rings is 2. The number of aryl methyl sites for hydroxylation is 1. The Morgan fingerprint density at radius 2 is 1.54 bits per heavy atom. The van der Waals surface area contributed by atoms with Crippen LogP contribution in [0.1, 0.15) is 29.7 Å². The normalized spacial score (nSPS) is 13.6. The molecule has 0 radical (unpaired) electrons. The van der Waals surface area contributed by atoms with Crippen LogP contribution in [0.4, 0.5) is 0 Å². The monoisotopic (exact) mass is 367 g/mol. The van der Waals surface area contributed by atoms with E-state index in [2.05, 4.69) is 4.72 Å². The summed E-state index contributed by atoms with van der Waals surface area (Å²) in [5.41, 5.74) is 2.38. The molecule has 130 valence electrons. The van der Waals surface area contributed by atoms with E-state index in [0.29, 0.717) is 5.56 Å². The first-order valence-electron chi connectivity index (χ1n) is 7.43. The summed E-state index contributed by atoms with van der Waals surface area (Å²) in [6.45, 7) is 3.60. The smallest absolute Gasteiger partial charge is 0.216 e. The van der Waals surface area contributed by atoms with Gasteiger partial charge in [0.1, 0.15) is 0 Å². The molecule has 0 aliphatic carbocycles. The minimum atomic E-state index is -3.51. The molecule has 7 heteroatoms. The van der Waals surface area contributed by atoms with Crippen LogP contribution in [0.15, 0.2) is 53.4 Å². The molecule has 0 spiro atoms. The van der Waals surface area contributed by atoms with E-state index in [1.54, 1.807) is 25.1 Å². The van der Waals surface area contributed by atoms with Gasteiger partial charge in [-0.05, 0) is 42.7 Å². The van der Waals surface area contributed by atoms with Crippen LogP contribution in [0, 0.1) is 6.92 Å². The summed E-state index contributed by atoms with van der Waals surface area (Å²) in [6.07, 6.45) is 1.14. The van der Waals surface area contributed by atoms with E-state index in [1.807, 2.05) is 25.1 Å². The summed E-state index contributed by atoms with van der Waals surface area (Å²) in [6, 6.07) is 13.1. The maximum absolute atomic E-state index is 12.4. The number of nitrogens with one attached hydrogen (secondary N) is 1. The van der Waals surface area contributed by atoms with Gasteiger partial charge in [0.25, 0.3) is 0 Å². The second kappa shape index (κ2) is 7.04. The van der Waals surface area contributed by atoms with Crippen molar-refractivity contribution >= 4 is 19.9 Å². The second-order valence-electron chi connectivity index (χ2n) is 5.87. The Hall–Kier alpha value is -1.70. The molecule has 1 atom stereocenters. The van der Waals surface area contributed by atoms with Crippen LogP contribution >= 0.6 is 0 Å². The third-order valence-electron chi connectivity index (χ3n) is 3.77. The van der Waals surface area contributed by atoms with Gasteiger partial charge in [-0.2, -0.15) is 0 Å². The highest BCUT2D eigenvalue weighted by molar-refractivity contribution is 7.90. The fraction of sp³-hybridized carbons (Fsp3) is 0.294. The quantitative estimate of drug-likeness (QED) is 0.851. The Morgan fingerprint density at radius 1 is 0.958 bits per heavy atom. The maximum Gasteiger partial charge on any atom is 0.216 e. The first kappa shape index (κ1) is 18.6. The van der Waals surface area contributed by atoms with Gasteiger partial charge in [-0.1, -0.05) is 36.4 Å². The van der Waals surface area contributed by atoms with Crippen LogP contribution in [0.5, 0.6) is 0 Å². The second-order valence-corrected chi connectivity index (χ2v) is 9.64. The van der Waals surface area contributed by atoms with E-state index in [-0.39, 0.29) is 10.6 Å². The maximum atomic E-state index is 12.4. The molecule has 0 aromatic heterocycles. The molecule has 0 heterocycles. The molecule has 0 saturated heterocycles. The van der Waals surface area contributed by atoms with Crippen molar-refractivity contribution in [2.75, 3.05) is 6.26 Å². The number of hydrogen-bond acceptors (Lipinski definition) is 4. The molecule has 2 aromatic rings. The van der Waals surface area contributed by atoms with Crippen molar-refractivity contribution in [1.29, 1.82) is 0 Å². The first-order chi connectivity index (χ1) is 11.1. The Kier molecular flexibility index (Phi) is 5.47. The van der Waals surface area contributed by atoms with E-state index in [1.165, 1.54) is 12.1 Å². The average molecular weight is 367 g/mol. The highest BCUT2D eigenvalue weighted by Crippen LogP contribution is 2.18. The number of sulfonamides is 1. The predicted octanol–water partition coefficient (Wildman–Crippen LogP) is 2.58.